The van der Waals surface area contributed by atoms with Crippen molar-refractivity contribution in [3.63, 3.8) is 0 Å². The number of hydrogen-bond acceptors (Lipinski definition) is 6. The third-order valence-electron chi connectivity index (χ3n) is 4.03. The summed E-state index contributed by atoms with van der Waals surface area (Å²) in [7, 11) is 0. The van der Waals surface area contributed by atoms with Crippen molar-refractivity contribution in [1.29, 1.82) is 5.26 Å². The first-order chi connectivity index (χ1) is 13.2. The van der Waals surface area contributed by atoms with Crippen molar-refractivity contribution in [3.05, 3.63) is 40.1 Å². The van der Waals surface area contributed by atoms with E-state index in [0.717, 1.165) is 5.56 Å². The van der Waals surface area contributed by atoms with Gasteiger partial charge in [-0.3, -0.25) is 4.79 Å². The minimum Gasteiger partial charge on any atom is -0.462 e. The maximum absolute atomic E-state index is 12.5. The topological polar surface area (TPSA) is 126 Å². The molecule has 1 amide bonds. The van der Waals surface area contributed by atoms with Gasteiger partial charge in [0, 0.05) is 13.1 Å². The summed E-state index contributed by atoms with van der Waals surface area (Å²) in [6, 6.07) is 3.90. The van der Waals surface area contributed by atoms with E-state index in [4.69, 9.17) is 9.15 Å². The Labute approximate surface area is 160 Å². The number of aromatic nitrogens is 3. The number of fused-ring (bicyclic) bond motifs is 1. The molecule has 0 aromatic carbocycles. The molecule has 0 saturated heterocycles. The lowest BCUT2D eigenvalue weighted by Crippen LogP contribution is -2.34. The molecule has 0 aliphatic rings. The van der Waals surface area contributed by atoms with Crippen molar-refractivity contribution in [1.82, 2.24) is 19.9 Å². The predicted molar refractivity (Wildman–Crippen MR) is 102 cm³/mol. The van der Waals surface area contributed by atoms with E-state index < -0.39 is 11.7 Å². The van der Waals surface area contributed by atoms with E-state index in [1.807, 2.05) is 6.92 Å². The molecule has 28 heavy (non-hydrogen) atoms. The monoisotopic (exact) mass is 383 g/mol. The number of nitrogens with zero attached hydrogens (tertiary/aromatic N) is 3. The van der Waals surface area contributed by atoms with E-state index in [2.05, 4.69) is 21.4 Å². The van der Waals surface area contributed by atoms with E-state index >= 15 is 0 Å². The average molecular weight is 383 g/mol. The molecule has 0 atom stereocenters. The van der Waals surface area contributed by atoms with Gasteiger partial charge in [-0.05, 0) is 39.3 Å². The van der Waals surface area contributed by atoms with E-state index in [9.17, 15) is 14.9 Å². The smallest absolute Gasteiger partial charge is 0.407 e. The number of aromatic amines is 1. The molecule has 0 radical (unpaired) electrons. The number of furan rings is 1. The van der Waals surface area contributed by atoms with Gasteiger partial charge in [0.25, 0.3) is 5.56 Å². The summed E-state index contributed by atoms with van der Waals surface area (Å²) in [5.74, 6) is 0.478. The van der Waals surface area contributed by atoms with Crippen molar-refractivity contribution in [2.24, 2.45) is 0 Å². The van der Waals surface area contributed by atoms with Gasteiger partial charge in [-0.25, -0.2) is 9.78 Å². The summed E-state index contributed by atoms with van der Waals surface area (Å²) in [6.07, 6.45) is 2.21. The number of amides is 1. The van der Waals surface area contributed by atoms with E-state index in [-0.39, 0.29) is 35.2 Å². The molecule has 3 heterocycles. The van der Waals surface area contributed by atoms with Gasteiger partial charge in [-0.1, -0.05) is 0 Å². The SMILES string of the molecule is Cc1ccoc1-c1c(C#N)c2nc[nH]c(=O)c2n1CCNC(=O)OC(C)(C)C. The Morgan fingerprint density at radius 1 is 1.46 bits per heavy atom. The lowest BCUT2D eigenvalue weighted by molar-refractivity contribution is 0.0526. The number of aryl methyl sites for hydroxylation is 1. The fourth-order valence-electron chi connectivity index (χ4n) is 2.95. The molecule has 146 valence electrons. The average Bonchev–Trinajstić information content (AvgIpc) is 3.14. The molecule has 0 fully saturated rings. The van der Waals surface area contributed by atoms with Crippen molar-refractivity contribution in [2.75, 3.05) is 6.54 Å². The van der Waals surface area contributed by atoms with Gasteiger partial charge in [-0.15, -0.1) is 0 Å². The number of nitrogens with one attached hydrogen (secondary N) is 2. The molecular formula is C19H21N5O4. The third-order valence-corrected chi connectivity index (χ3v) is 4.03. The summed E-state index contributed by atoms with van der Waals surface area (Å²) in [5.41, 5.74) is 1.05. The number of carbonyl (C=O) groups excluding carboxylic acids is 1. The standard InChI is InChI=1S/C19H21N5O4/c1-11-5-8-27-16(11)14-12(9-20)13-15(17(25)23-10-22-13)24(14)7-6-21-18(26)28-19(2,3)4/h5,8,10H,6-7H2,1-4H3,(H,21,26)(H,22,23,25). The highest BCUT2D eigenvalue weighted by atomic mass is 16.6. The van der Waals surface area contributed by atoms with Crippen LogP contribution in [0.1, 0.15) is 31.9 Å². The Morgan fingerprint density at radius 2 is 2.21 bits per heavy atom. The predicted octanol–water partition coefficient (Wildman–Crippen LogP) is 2.69. The first kappa shape index (κ1) is 19.2. The largest absolute Gasteiger partial charge is 0.462 e. The lowest BCUT2D eigenvalue weighted by Gasteiger charge is -2.20. The number of nitriles is 1. The molecule has 9 nitrogen and oxygen atoms in total. The zero-order valence-corrected chi connectivity index (χ0v) is 16.1. The fraction of sp³-hybridized carbons (Fsp3) is 0.368. The van der Waals surface area contributed by atoms with Crippen LogP contribution in [0.2, 0.25) is 0 Å². The highest BCUT2D eigenvalue weighted by molar-refractivity contribution is 5.90. The quantitative estimate of drug-likeness (QED) is 0.713. The number of ether oxygens (including phenoxy) is 1. The maximum Gasteiger partial charge on any atom is 0.407 e. The Balaban J connectivity index is 2.04. The molecule has 0 saturated carbocycles. The molecule has 0 aliphatic heterocycles. The van der Waals surface area contributed by atoms with Crippen LogP contribution in [0.4, 0.5) is 4.79 Å². The van der Waals surface area contributed by atoms with Gasteiger partial charge in [-0.2, -0.15) is 5.26 Å². The molecule has 9 heteroatoms. The molecule has 0 unspecified atom stereocenters. The molecule has 3 aromatic rings. The van der Waals surface area contributed by atoms with E-state index in [1.165, 1.54) is 12.6 Å². The number of alkyl carbamates (subject to hydrolysis) is 1. The second kappa shape index (κ2) is 7.23. The van der Waals surface area contributed by atoms with E-state index in [0.29, 0.717) is 11.5 Å². The minimum absolute atomic E-state index is 0.185. The molecule has 3 rings (SSSR count). The zero-order chi connectivity index (χ0) is 20.5. The van der Waals surface area contributed by atoms with Crippen LogP contribution < -0.4 is 10.9 Å². The summed E-state index contributed by atoms with van der Waals surface area (Å²) in [6.45, 7) is 7.57. The highest BCUT2D eigenvalue weighted by Crippen LogP contribution is 2.33. The van der Waals surface area contributed by atoms with Crippen LogP contribution in [-0.2, 0) is 11.3 Å². The van der Waals surface area contributed by atoms with Crippen LogP contribution in [0.25, 0.3) is 22.5 Å². The molecule has 0 aliphatic carbocycles. The Morgan fingerprint density at radius 3 is 2.82 bits per heavy atom. The third kappa shape index (κ3) is 3.62. The van der Waals surface area contributed by atoms with E-state index in [1.54, 1.807) is 31.4 Å². The van der Waals surface area contributed by atoms with Gasteiger partial charge in [0.1, 0.15) is 34.0 Å². The summed E-state index contributed by atoms with van der Waals surface area (Å²) in [4.78, 5) is 31.1. The molecule has 2 N–H and O–H groups in total. The minimum atomic E-state index is -0.615. The zero-order valence-electron chi connectivity index (χ0n) is 16.1. The second-order valence-electron chi connectivity index (χ2n) is 7.28. The molecule has 3 aromatic heterocycles. The Hall–Kier alpha value is -3.54. The first-order valence-corrected chi connectivity index (χ1v) is 8.74. The van der Waals surface area contributed by atoms with Crippen molar-refractivity contribution in [2.45, 2.75) is 39.8 Å². The highest BCUT2D eigenvalue weighted by Gasteiger charge is 2.25. The molecule has 0 spiro atoms. The van der Waals surface area contributed by atoms with Crippen LogP contribution in [0, 0.1) is 18.3 Å². The lowest BCUT2D eigenvalue weighted by atomic mass is 10.1. The summed E-state index contributed by atoms with van der Waals surface area (Å²) < 4.78 is 12.4. The van der Waals surface area contributed by atoms with Gasteiger partial charge < -0.3 is 24.0 Å². The number of H-pyrrole nitrogens is 1. The maximum atomic E-state index is 12.5. The van der Waals surface area contributed by atoms with Crippen molar-refractivity contribution in [3.8, 4) is 17.5 Å². The van der Waals surface area contributed by atoms with Crippen LogP contribution in [0.3, 0.4) is 0 Å². The van der Waals surface area contributed by atoms with Crippen LogP contribution in [0.5, 0.6) is 0 Å². The normalized spacial score (nSPS) is 11.4. The number of rotatable bonds is 4. The van der Waals surface area contributed by atoms with Gasteiger partial charge in [0.15, 0.2) is 5.76 Å². The number of hydrogen-bond donors (Lipinski definition) is 2. The molecular weight excluding hydrogens is 362 g/mol. The van der Waals surface area contributed by atoms with Crippen LogP contribution >= 0.6 is 0 Å². The first-order valence-electron chi connectivity index (χ1n) is 8.74. The van der Waals surface area contributed by atoms with Gasteiger partial charge >= 0.3 is 6.09 Å². The number of carbonyl (C=O) groups is 1. The van der Waals surface area contributed by atoms with Crippen molar-refractivity contribution < 1.29 is 13.9 Å². The fourth-order valence-corrected chi connectivity index (χ4v) is 2.95. The van der Waals surface area contributed by atoms with Crippen molar-refractivity contribution >= 4 is 17.1 Å². The Bertz CT molecular complexity index is 1120. The summed E-state index contributed by atoms with van der Waals surface area (Å²) >= 11 is 0. The molecule has 0 bridgehead atoms. The Kier molecular flexibility index (Phi) is 4.96. The van der Waals surface area contributed by atoms with Crippen LogP contribution in [-0.4, -0.2) is 32.8 Å². The van der Waals surface area contributed by atoms with Crippen LogP contribution in [0.15, 0.2) is 27.9 Å². The second-order valence-corrected chi connectivity index (χ2v) is 7.28. The summed E-state index contributed by atoms with van der Waals surface area (Å²) in [5, 5.41) is 12.4. The van der Waals surface area contributed by atoms with Gasteiger partial charge in [0.05, 0.1) is 12.6 Å². The van der Waals surface area contributed by atoms with Gasteiger partial charge in [0.2, 0.25) is 0 Å².